The molecule has 0 aliphatic rings. The highest BCUT2D eigenvalue weighted by Crippen LogP contribution is 2.40. The van der Waals surface area contributed by atoms with E-state index in [2.05, 4.69) is 24.1 Å². The number of fused-ring (bicyclic) bond motifs is 1. The number of rotatable bonds is 5. The van der Waals surface area contributed by atoms with E-state index in [1.165, 1.54) is 10.4 Å². The fourth-order valence-electron chi connectivity index (χ4n) is 2.56. The van der Waals surface area contributed by atoms with Crippen LogP contribution >= 0.6 is 22.9 Å². The summed E-state index contributed by atoms with van der Waals surface area (Å²) in [6.07, 6.45) is 1.67. The van der Waals surface area contributed by atoms with E-state index in [0.717, 1.165) is 21.7 Å². The number of halogens is 1. The SMILES string of the molecule is Cc1c(C(C)[C@@H](C)N)sc2c(NCc3ccco3)cc(Cl)nc12. The number of nitrogens with zero attached hydrogens (tertiary/aromatic N) is 1. The minimum atomic E-state index is 0.0942. The minimum Gasteiger partial charge on any atom is -0.467 e. The number of aromatic nitrogens is 1. The van der Waals surface area contributed by atoms with Gasteiger partial charge in [0, 0.05) is 22.9 Å². The molecule has 122 valence electrons. The number of pyridine rings is 1. The van der Waals surface area contributed by atoms with Gasteiger partial charge in [-0.2, -0.15) is 0 Å². The van der Waals surface area contributed by atoms with Crippen molar-refractivity contribution < 1.29 is 4.42 Å². The topological polar surface area (TPSA) is 64.1 Å². The van der Waals surface area contributed by atoms with Gasteiger partial charge in [0.15, 0.2) is 0 Å². The normalized spacial score (nSPS) is 14.1. The van der Waals surface area contributed by atoms with Crippen molar-refractivity contribution in [2.75, 3.05) is 5.32 Å². The lowest BCUT2D eigenvalue weighted by atomic mass is 9.99. The summed E-state index contributed by atoms with van der Waals surface area (Å²) in [6.45, 7) is 6.88. The second kappa shape index (κ2) is 6.51. The zero-order valence-corrected chi connectivity index (χ0v) is 15.0. The molecule has 3 aromatic rings. The van der Waals surface area contributed by atoms with Crippen molar-refractivity contribution in [3.05, 3.63) is 45.8 Å². The fraction of sp³-hybridized carbons (Fsp3) is 0.353. The Morgan fingerprint density at radius 3 is 2.87 bits per heavy atom. The van der Waals surface area contributed by atoms with Gasteiger partial charge in [0.2, 0.25) is 0 Å². The molecule has 0 radical (unpaired) electrons. The largest absolute Gasteiger partial charge is 0.467 e. The number of furan rings is 1. The van der Waals surface area contributed by atoms with Crippen LogP contribution in [0.2, 0.25) is 5.15 Å². The van der Waals surface area contributed by atoms with Crippen LogP contribution in [0.1, 0.15) is 36.0 Å². The molecule has 0 amide bonds. The van der Waals surface area contributed by atoms with Gasteiger partial charge < -0.3 is 15.5 Å². The molecule has 3 N–H and O–H groups in total. The Balaban J connectivity index is 2.02. The third-order valence-corrected chi connectivity index (χ3v) is 5.82. The van der Waals surface area contributed by atoms with Crippen molar-refractivity contribution >= 4 is 38.8 Å². The smallest absolute Gasteiger partial charge is 0.131 e. The Morgan fingerprint density at radius 1 is 1.43 bits per heavy atom. The van der Waals surface area contributed by atoms with Crippen LogP contribution < -0.4 is 11.1 Å². The highest BCUT2D eigenvalue weighted by Gasteiger charge is 2.20. The van der Waals surface area contributed by atoms with Crippen molar-refractivity contribution in [3.8, 4) is 0 Å². The minimum absolute atomic E-state index is 0.0942. The molecule has 0 aromatic carbocycles. The molecule has 0 spiro atoms. The van der Waals surface area contributed by atoms with Crippen LogP contribution in [-0.4, -0.2) is 11.0 Å². The second-order valence-electron chi connectivity index (χ2n) is 5.84. The molecule has 0 bridgehead atoms. The van der Waals surface area contributed by atoms with Crippen LogP contribution in [0.4, 0.5) is 5.69 Å². The van der Waals surface area contributed by atoms with Gasteiger partial charge in [0.1, 0.15) is 10.9 Å². The number of nitrogens with one attached hydrogen (secondary N) is 1. The number of hydrogen-bond donors (Lipinski definition) is 2. The van der Waals surface area contributed by atoms with E-state index in [1.807, 2.05) is 25.1 Å². The summed E-state index contributed by atoms with van der Waals surface area (Å²) in [5, 5.41) is 3.89. The summed E-state index contributed by atoms with van der Waals surface area (Å²) in [6, 6.07) is 5.78. The number of thiophene rings is 1. The van der Waals surface area contributed by atoms with Crippen molar-refractivity contribution in [1.29, 1.82) is 0 Å². The average molecular weight is 350 g/mol. The first kappa shape index (κ1) is 16.3. The first-order valence-electron chi connectivity index (χ1n) is 7.58. The summed E-state index contributed by atoms with van der Waals surface area (Å²) in [4.78, 5) is 5.78. The lowest BCUT2D eigenvalue weighted by Crippen LogP contribution is -2.22. The Morgan fingerprint density at radius 2 is 2.22 bits per heavy atom. The Bertz CT molecular complexity index is 811. The number of anilines is 1. The molecule has 3 rings (SSSR count). The van der Waals surface area contributed by atoms with E-state index in [1.54, 1.807) is 17.6 Å². The Labute approximate surface area is 144 Å². The molecular weight excluding hydrogens is 330 g/mol. The molecule has 0 saturated heterocycles. The molecule has 4 nitrogen and oxygen atoms in total. The molecule has 23 heavy (non-hydrogen) atoms. The molecule has 1 unspecified atom stereocenters. The average Bonchev–Trinajstić information content (AvgIpc) is 3.13. The molecule has 0 aliphatic carbocycles. The Kier molecular flexibility index (Phi) is 4.62. The molecule has 0 saturated carbocycles. The maximum Gasteiger partial charge on any atom is 0.131 e. The van der Waals surface area contributed by atoms with Gasteiger partial charge in [-0.25, -0.2) is 4.98 Å². The van der Waals surface area contributed by atoms with Gasteiger partial charge in [-0.15, -0.1) is 11.3 Å². The summed E-state index contributed by atoms with van der Waals surface area (Å²) in [5.74, 6) is 1.16. The molecule has 0 aliphatic heterocycles. The van der Waals surface area contributed by atoms with Crippen LogP contribution in [0.25, 0.3) is 10.2 Å². The highest BCUT2D eigenvalue weighted by molar-refractivity contribution is 7.20. The zero-order chi connectivity index (χ0) is 16.6. The van der Waals surface area contributed by atoms with Gasteiger partial charge >= 0.3 is 0 Å². The van der Waals surface area contributed by atoms with E-state index in [4.69, 9.17) is 21.8 Å². The van der Waals surface area contributed by atoms with Gasteiger partial charge in [-0.05, 0) is 31.5 Å². The third kappa shape index (κ3) is 3.22. The molecule has 3 heterocycles. The van der Waals surface area contributed by atoms with Gasteiger partial charge in [-0.1, -0.05) is 18.5 Å². The van der Waals surface area contributed by atoms with E-state index < -0.39 is 0 Å². The lowest BCUT2D eigenvalue weighted by Gasteiger charge is -2.14. The monoisotopic (exact) mass is 349 g/mol. The summed E-state index contributed by atoms with van der Waals surface area (Å²) in [7, 11) is 0. The first-order valence-corrected chi connectivity index (χ1v) is 8.78. The van der Waals surface area contributed by atoms with E-state index in [9.17, 15) is 0 Å². The number of nitrogens with two attached hydrogens (primary N) is 1. The van der Waals surface area contributed by atoms with Gasteiger partial charge in [0.25, 0.3) is 0 Å². The molecule has 2 atom stereocenters. The lowest BCUT2D eigenvalue weighted by molar-refractivity contribution is 0.518. The quantitative estimate of drug-likeness (QED) is 0.642. The summed E-state index contributed by atoms with van der Waals surface area (Å²) >= 11 is 7.95. The second-order valence-corrected chi connectivity index (χ2v) is 7.28. The summed E-state index contributed by atoms with van der Waals surface area (Å²) in [5.41, 5.74) is 9.18. The van der Waals surface area contributed by atoms with E-state index in [0.29, 0.717) is 11.7 Å². The molecule has 6 heteroatoms. The highest BCUT2D eigenvalue weighted by atomic mass is 35.5. The summed E-state index contributed by atoms with van der Waals surface area (Å²) < 4.78 is 6.48. The van der Waals surface area contributed by atoms with Crippen LogP contribution in [-0.2, 0) is 6.54 Å². The third-order valence-electron chi connectivity index (χ3n) is 4.11. The zero-order valence-electron chi connectivity index (χ0n) is 13.4. The maximum atomic E-state index is 6.21. The van der Waals surface area contributed by atoms with Crippen molar-refractivity contribution in [3.63, 3.8) is 0 Å². The van der Waals surface area contributed by atoms with Crippen molar-refractivity contribution in [2.24, 2.45) is 5.73 Å². The molecule has 3 aromatic heterocycles. The van der Waals surface area contributed by atoms with Gasteiger partial charge in [-0.3, -0.25) is 0 Å². The van der Waals surface area contributed by atoms with Gasteiger partial charge in [0.05, 0.1) is 28.7 Å². The predicted octanol–water partition coefficient (Wildman–Crippen LogP) is 4.91. The standard InChI is InChI=1S/C17H20ClN3OS/c1-9(11(3)19)16-10(2)15-17(23-16)13(7-14(18)21-15)20-8-12-5-4-6-22-12/h4-7,9,11H,8,19H2,1-3H3,(H,20,21)/t9?,11-/m1/s1. The van der Waals surface area contributed by atoms with Crippen LogP contribution in [0.3, 0.4) is 0 Å². The maximum absolute atomic E-state index is 6.21. The first-order chi connectivity index (χ1) is 11.0. The molecular formula is C17H20ClN3OS. The number of hydrogen-bond acceptors (Lipinski definition) is 5. The van der Waals surface area contributed by atoms with E-state index in [-0.39, 0.29) is 12.0 Å². The fourth-order valence-corrected chi connectivity index (χ4v) is 4.16. The van der Waals surface area contributed by atoms with E-state index >= 15 is 0 Å². The van der Waals surface area contributed by atoms with Crippen molar-refractivity contribution in [2.45, 2.75) is 39.3 Å². The predicted molar refractivity (Wildman–Crippen MR) is 97.5 cm³/mol. The Hall–Kier alpha value is -1.56. The van der Waals surface area contributed by atoms with Crippen LogP contribution in [0.5, 0.6) is 0 Å². The molecule has 0 fully saturated rings. The van der Waals surface area contributed by atoms with Crippen LogP contribution in [0, 0.1) is 6.92 Å². The van der Waals surface area contributed by atoms with Crippen molar-refractivity contribution in [1.82, 2.24) is 4.98 Å². The van der Waals surface area contributed by atoms with Crippen LogP contribution in [0.15, 0.2) is 28.9 Å². The number of aryl methyl sites for hydroxylation is 1.